The van der Waals surface area contributed by atoms with Crippen molar-refractivity contribution in [3.05, 3.63) is 0 Å². The average Bonchev–Trinajstić information content (AvgIpc) is 2.56. The molecule has 5 nitrogen and oxygen atoms in total. The van der Waals surface area contributed by atoms with Crippen molar-refractivity contribution in [3.8, 4) is 0 Å². The van der Waals surface area contributed by atoms with Gasteiger partial charge in [0.15, 0.2) is 0 Å². The monoisotopic (exact) mass is 243 g/mol. The van der Waals surface area contributed by atoms with Crippen molar-refractivity contribution < 1.29 is 8.42 Å². The van der Waals surface area contributed by atoms with Gasteiger partial charge in [-0.2, -0.15) is 12.7 Å². The first kappa shape index (κ1) is 14.1. The summed E-state index contributed by atoms with van der Waals surface area (Å²) in [5.41, 5.74) is 0. The molecule has 1 saturated heterocycles. The predicted molar refractivity (Wildman–Crippen MR) is 58.9 cm³/mol. The van der Waals surface area contributed by atoms with Crippen LogP contribution in [0.5, 0.6) is 0 Å². The average molecular weight is 244 g/mol. The van der Waals surface area contributed by atoms with E-state index in [1.54, 1.807) is 7.05 Å². The lowest BCUT2D eigenvalue weighted by Gasteiger charge is -2.15. The van der Waals surface area contributed by atoms with Gasteiger partial charge in [0.1, 0.15) is 0 Å². The van der Waals surface area contributed by atoms with Gasteiger partial charge < -0.3 is 5.32 Å². The number of rotatable bonds is 5. The number of hydrogen-bond acceptors (Lipinski definition) is 3. The van der Waals surface area contributed by atoms with Crippen LogP contribution in [0.15, 0.2) is 0 Å². The summed E-state index contributed by atoms with van der Waals surface area (Å²) in [5.74, 6) is 0. The maximum atomic E-state index is 11.5. The van der Waals surface area contributed by atoms with Gasteiger partial charge in [0, 0.05) is 26.2 Å². The molecule has 0 aromatic carbocycles. The molecule has 0 unspecified atom stereocenters. The van der Waals surface area contributed by atoms with Gasteiger partial charge in [0.2, 0.25) is 0 Å². The van der Waals surface area contributed by atoms with E-state index in [-0.39, 0.29) is 12.4 Å². The molecule has 0 spiro atoms. The highest BCUT2D eigenvalue weighted by molar-refractivity contribution is 7.87. The molecule has 0 radical (unpaired) electrons. The van der Waals surface area contributed by atoms with Gasteiger partial charge in [-0.25, -0.2) is 4.72 Å². The third-order valence-corrected chi connectivity index (χ3v) is 3.68. The van der Waals surface area contributed by atoms with Crippen LogP contribution >= 0.6 is 12.4 Å². The summed E-state index contributed by atoms with van der Waals surface area (Å²) in [6.45, 7) is 2.44. The van der Waals surface area contributed by atoms with Crippen LogP contribution in [0.2, 0.25) is 0 Å². The molecule has 2 N–H and O–H groups in total. The van der Waals surface area contributed by atoms with Crippen LogP contribution in [0.25, 0.3) is 0 Å². The number of nitrogens with one attached hydrogen (secondary N) is 2. The van der Waals surface area contributed by atoms with Crippen molar-refractivity contribution in [2.24, 2.45) is 0 Å². The number of nitrogens with zero attached hydrogens (tertiary/aromatic N) is 1. The molecule has 0 saturated carbocycles. The number of halogens is 1. The molecule has 7 heteroatoms. The fourth-order valence-corrected chi connectivity index (χ4v) is 2.61. The minimum Gasteiger partial charge on any atom is -0.318 e. The van der Waals surface area contributed by atoms with Crippen LogP contribution in [0, 0.1) is 0 Å². The Kier molecular flexibility index (Phi) is 6.63. The van der Waals surface area contributed by atoms with Crippen LogP contribution in [-0.4, -0.2) is 45.9 Å². The van der Waals surface area contributed by atoms with Crippen molar-refractivity contribution in [2.75, 3.05) is 33.2 Å². The SMILES string of the molecule is CNCCNS(=O)(=O)N1CCCC1.Cl. The van der Waals surface area contributed by atoms with Gasteiger partial charge in [0.25, 0.3) is 10.2 Å². The second-order valence-electron chi connectivity index (χ2n) is 3.11. The molecule has 86 valence electrons. The molecule has 0 amide bonds. The number of likely N-dealkylation sites (N-methyl/N-ethyl adjacent to an activating group) is 1. The van der Waals surface area contributed by atoms with E-state index in [1.165, 1.54) is 4.31 Å². The van der Waals surface area contributed by atoms with Crippen LogP contribution in [-0.2, 0) is 10.2 Å². The molecule has 1 aliphatic rings. The minimum atomic E-state index is -3.19. The molecule has 0 bridgehead atoms. The third kappa shape index (κ3) is 4.10. The minimum absolute atomic E-state index is 0. The molecule has 1 aliphatic heterocycles. The Hall–Kier alpha value is 0.120. The molecule has 0 aromatic heterocycles. The summed E-state index contributed by atoms with van der Waals surface area (Å²) >= 11 is 0. The summed E-state index contributed by atoms with van der Waals surface area (Å²) in [6, 6.07) is 0. The van der Waals surface area contributed by atoms with E-state index in [2.05, 4.69) is 10.0 Å². The van der Waals surface area contributed by atoms with E-state index >= 15 is 0 Å². The Labute approximate surface area is 91.8 Å². The maximum absolute atomic E-state index is 11.5. The summed E-state index contributed by atoms with van der Waals surface area (Å²) in [7, 11) is -1.39. The zero-order chi connectivity index (χ0) is 9.73. The van der Waals surface area contributed by atoms with Gasteiger partial charge >= 0.3 is 0 Å². The molecular weight excluding hydrogens is 226 g/mol. The molecule has 0 aromatic rings. The summed E-state index contributed by atoms with van der Waals surface area (Å²) in [6.07, 6.45) is 1.96. The highest BCUT2D eigenvalue weighted by Gasteiger charge is 2.23. The van der Waals surface area contributed by atoms with Gasteiger partial charge in [-0.05, 0) is 19.9 Å². The van der Waals surface area contributed by atoms with Gasteiger partial charge in [-0.15, -0.1) is 12.4 Å². The first-order valence-electron chi connectivity index (χ1n) is 4.56. The van der Waals surface area contributed by atoms with Gasteiger partial charge in [0.05, 0.1) is 0 Å². The van der Waals surface area contributed by atoms with E-state index in [0.29, 0.717) is 26.2 Å². The lowest BCUT2D eigenvalue weighted by molar-refractivity contribution is 0.464. The summed E-state index contributed by atoms with van der Waals surface area (Å²) < 4.78 is 27.0. The Morgan fingerprint density at radius 2 is 1.79 bits per heavy atom. The molecule has 0 aliphatic carbocycles. The first-order valence-corrected chi connectivity index (χ1v) is 6.00. The van der Waals surface area contributed by atoms with Crippen LogP contribution in [0.4, 0.5) is 0 Å². The highest BCUT2D eigenvalue weighted by Crippen LogP contribution is 2.10. The topological polar surface area (TPSA) is 61.4 Å². The highest BCUT2D eigenvalue weighted by atomic mass is 35.5. The Morgan fingerprint density at radius 3 is 2.29 bits per heavy atom. The molecule has 1 rings (SSSR count). The van der Waals surface area contributed by atoms with Crippen LogP contribution < -0.4 is 10.0 Å². The van der Waals surface area contributed by atoms with E-state index < -0.39 is 10.2 Å². The fourth-order valence-electron chi connectivity index (χ4n) is 1.32. The zero-order valence-electron chi connectivity index (χ0n) is 8.32. The molecule has 1 heterocycles. The Bertz CT molecular complexity index is 239. The van der Waals surface area contributed by atoms with Crippen LogP contribution in [0.1, 0.15) is 12.8 Å². The van der Waals surface area contributed by atoms with E-state index in [4.69, 9.17) is 0 Å². The van der Waals surface area contributed by atoms with Crippen molar-refractivity contribution in [3.63, 3.8) is 0 Å². The normalized spacial score (nSPS) is 18.1. The van der Waals surface area contributed by atoms with Crippen molar-refractivity contribution >= 4 is 22.6 Å². The van der Waals surface area contributed by atoms with Crippen molar-refractivity contribution in [2.45, 2.75) is 12.8 Å². The van der Waals surface area contributed by atoms with Crippen LogP contribution in [0.3, 0.4) is 0 Å². The van der Waals surface area contributed by atoms with Crippen molar-refractivity contribution in [1.82, 2.24) is 14.3 Å². The molecule has 0 atom stereocenters. The third-order valence-electron chi connectivity index (χ3n) is 2.06. The second kappa shape index (κ2) is 6.58. The first-order chi connectivity index (χ1) is 6.17. The summed E-state index contributed by atoms with van der Waals surface area (Å²) in [5, 5.41) is 2.89. The van der Waals surface area contributed by atoms with E-state index in [9.17, 15) is 8.42 Å². The lowest BCUT2D eigenvalue weighted by atomic mass is 10.4. The van der Waals surface area contributed by atoms with Gasteiger partial charge in [-0.1, -0.05) is 0 Å². The quantitative estimate of drug-likeness (QED) is 0.644. The van der Waals surface area contributed by atoms with E-state index in [1.807, 2.05) is 0 Å². The summed E-state index contributed by atoms with van der Waals surface area (Å²) in [4.78, 5) is 0. The largest absolute Gasteiger partial charge is 0.318 e. The van der Waals surface area contributed by atoms with Crippen molar-refractivity contribution in [1.29, 1.82) is 0 Å². The van der Waals surface area contributed by atoms with E-state index in [0.717, 1.165) is 12.8 Å². The molecule has 1 fully saturated rings. The maximum Gasteiger partial charge on any atom is 0.279 e. The Morgan fingerprint density at radius 1 is 1.21 bits per heavy atom. The molecule has 14 heavy (non-hydrogen) atoms. The predicted octanol–water partition coefficient (Wildman–Crippen LogP) is -0.442. The Balaban J connectivity index is 0.00000169. The standard InChI is InChI=1S/C7H17N3O2S.ClH/c1-8-4-5-9-13(11,12)10-6-2-3-7-10;/h8-9H,2-7H2,1H3;1H. The zero-order valence-corrected chi connectivity index (χ0v) is 9.96. The smallest absolute Gasteiger partial charge is 0.279 e. The lowest BCUT2D eigenvalue weighted by Crippen LogP contribution is -2.41. The number of hydrogen-bond donors (Lipinski definition) is 2. The fraction of sp³-hybridized carbons (Fsp3) is 1.00. The molecular formula is C7H18ClN3O2S. The van der Waals surface area contributed by atoms with Gasteiger partial charge in [-0.3, -0.25) is 0 Å². The second-order valence-corrected chi connectivity index (χ2v) is 4.86.